The molecular formula is C7H11NO. The summed E-state index contributed by atoms with van der Waals surface area (Å²) < 4.78 is 5.48. The third-order valence-corrected chi connectivity index (χ3v) is 2.15. The third-order valence-electron chi connectivity index (χ3n) is 2.15. The van der Waals surface area contributed by atoms with Gasteiger partial charge in [-0.1, -0.05) is 12.2 Å². The summed E-state index contributed by atoms with van der Waals surface area (Å²) >= 11 is 0. The molecule has 1 saturated heterocycles. The topological polar surface area (TPSA) is 35.2 Å². The van der Waals surface area contributed by atoms with Crippen LogP contribution in [0.1, 0.15) is 6.42 Å². The fourth-order valence-corrected chi connectivity index (χ4v) is 1.59. The number of fused-ring (bicyclic) bond motifs is 2. The van der Waals surface area contributed by atoms with Crippen molar-refractivity contribution in [1.29, 1.82) is 0 Å². The summed E-state index contributed by atoms with van der Waals surface area (Å²) in [5, 5.41) is 0. The second-order valence-electron chi connectivity index (χ2n) is 2.76. The van der Waals surface area contributed by atoms with Crippen LogP contribution in [-0.2, 0) is 4.74 Å². The highest BCUT2D eigenvalue weighted by molar-refractivity contribution is 5.10. The highest BCUT2D eigenvalue weighted by Crippen LogP contribution is 2.32. The first-order valence-electron chi connectivity index (χ1n) is 3.44. The number of hydrogen-bond acceptors (Lipinski definition) is 2. The molecule has 0 spiro atoms. The van der Waals surface area contributed by atoms with Crippen LogP contribution in [-0.4, -0.2) is 18.8 Å². The van der Waals surface area contributed by atoms with Gasteiger partial charge in [0.1, 0.15) is 0 Å². The Morgan fingerprint density at radius 3 is 2.78 bits per heavy atom. The van der Waals surface area contributed by atoms with Gasteiger partial charge in [0, 0.05) is 5.92 Å². The van der Waals surface area contributed by atoms with Crippen LogP contribution in [0.3, 0.4) is 0 Å². The predicted molar refractivity (Wildman–Crippen MR) is 35.0 cm³/mol. The molecule has 2 N–H and O–H groups in total. The van der Waals surface area contributed by atoms with Crippen molar-refractivity contribution in [2.24, 2.45) is 11.7 Å². The molecule has 50 valence electrons. The van der Waals surface area contributed by atoms with Gasteiger partial charge < -0.3 is 10.5 Å². The SMILES string of the molecule is NCC1CC2C=CC1O2. The summed E-state index contributed by atoms with van der Waals surface area (Å²) in [6.45, 7) is 0.769. The van der Waals surface area contributed by atoms with Gasteiger partial charge in [0.05, 0.1) is 12.2 Å². The Morgan fingerprint density at radius 2 is 2.44 bits per heavy atom. The highest BCUT2D eigenvalue weighted by atomic mass is 16.5. The van der Waals surface area contributed by atoms with Crippen molar-refractivity contribution in [3.05, 3.63) is 12.2 Å². The smallest absolute Gasteiger partial charge is 0.0806 e. The minimum atomic E-state index is 0.347. The van der Waals surface area contributed by atoms with Crippen LogP contribution in [0, 0.1) is 5.92 Å². The van der Waals surface area contributed by atoms with E-state index in [1.807, 2.05) is 0 Å². The molecule has 0 aromatic carbocycles. The van der Waals surface area contributed by atoms with Crippen LogP contribution in [0.4, 0.5) is 0 Å². The molecule has 0 aromatic heterocycles. The number of hydrogen-bond donors (Lipinski definition) is 1. The maximum Gasteiger partial charge on any atom is 0.0806 e. The van der Waals surface area contributed by atoms with Crippen molar-refractivity contribution in [2.75, 3.05) is 6.54 Å². The van der Waals surface area contributed by atoms with Crippen molar-refractivity contribution >= 4 is 0 Å². The van der Waals surface area contributed by atoms with Gasteiger partial charge in [-0.15, -0.1) is 0 Å². The summed E-state index contributed by atoms with van der Waals surface area (Å²) in [6, 6.07) is 0. The van der Waals surface area contributed by atoms with Crippen LogP contribution in [0.5, 0.6) is 0 Å². The summed E-state index contributed by atoms with van der Waals surface area (Å²) in [7, 11) is 0. The average Bonchev–Trinajstić information content (AvgIpc) is 2.45. The molecule has 3 unspecified atom stereocenters. The molecule has 3 atom stereocenters. The van der Waals surface area contributed by atoms with Crippen LogP contribution in [0.2, 0.25) is 0 Å². The Hall–Kier alpha value is -0.340. The maximum absolute atomic E-state index is 5.51. The molecule has 2 heterocycles. The van der Waals surface area contributed by atoms with E-state index in [0.29, 0.717) is 18.1 Å². The van der Waals surface area contributed by atoms with E-state index in [9.17, 15) is 0 Å². The molecule has 0 aromatic rings. The molecule has 2 aliphatic heterocycles. The third kappa shape index (κ3) is 0.705. The molecule has 2 nitrogen and oxygen atoms in total. The molecule has 2 rings (SSSR count). The Kier molecular flexibility index (Phi) is 1.10. The number of nitrogens with two attached hydrogens (primary N) is 1. The van der Waals surface area contributed by atoms with E-state index in [-0.39, 0.29) is 0 Å². The molecule has 1 fully saturated rings. The monoisotopic (exact) mass is 125 g/mol. The lowest BCUT2D eigenvalue weighted by Gasteiger charge is -2.10. The molecule has 2 bridgehead atoms. The van der Waals surface area contributed by atoms with E-state index in [2.05, 4.69) is 12.2 Å². The molecule has 0 saturated carbocycles. The van der Waals surface area contributed by atoms with Gasteiger partial charge in [-0.2, -0.15) is 0 Å². The van der Waals surface area contributed by atoms with Crippen LogP contribution in [0.25, 0.3) is 0 Å². The van der Waals surface area contributed by atoms with Gasteiger partial charge in [0.15, 0.2) is 0 Å². The Labute approximate surface area is 54.7 Å². The quantitative estimate of drug-likeness (QED) is 0.511. The van der Waals surface area contributed by atoms with E-state index in [1.54, 1.807) is 0 Å². The lowest BCUT2D eigenvalue weighted by Crippen LogP contribution is -2.22. The van der Waals surface area contributed by atoms with Crippen molar-refractivity contribution in [3.8, 4) is 0 Å². The second-order valence-corrected chi connectivity index (χ2v) is 2.76. The zero-order valence-electron chi connectivity index (χ0n) is 5.29. The zero-order valence-corrected chi connectivity index (χ0v) is 5.29. The first-order chi connectivity index (χ1) is 4.40. The molecule has 2 aliphatic rings. The second kappa shape index (κ2) is 1.82. The van der Waals surface area contributed by atoms with E-state index in [4.69, 9.17) is 10.5 Å². The molecular weight excluding hydrogens is 114 g/mol. The summed E-state index contributed by atoms with van der Waals surface area (Å²) in [6.07, 6.45) is 6.14. The van der Waals surface area contributed by atoms with Gasteiger partial charge in [0.2, 0.25) is 0 Å². The fourth-order valence-electron chi connectivity index (χ4n) is 1.59. The molecule has 0 amide bonds. The minimum absolute atomic E-state index is 0.347. The lowest BCUT2D eigenvalue weighted by molar-refractivity contribution is 0.110. The number of rotatable bonds is 1. The Bertz CT molecular complexity index is 144. The summed E-state index contributed by atoms with van der Waals surface area (Å²) in [5.41, 5.74) is 5.51. The Balaban J connectivity index is 2.10. The lowest BCUT2D eigenvalue weighted by atomic mass is 9.95. The number of ether oxygens (including phenoxy) is 1. The molecule has 0 aliphatic carbocycles. The molecule has 9 heavy (non-hydrogen) atoms. The highest BCUT2D eigenvalue weighted by Gasteiger charge is 2.35. The van der Waals surface area contributed by atoms with Crippen LogP contribution in [0.15, 0.2) is 12.2 Å². The van der Waals surface area contributed by atoms with Crippen LogP contribution < -0.4 is 5.73 Å². The predicted octanol–water partition coefficient (Wildman–Crippen LogP) is 0.289. The molecule has 0 radical (unpaired) electrons. The van der Waals surface area contributed by atoms with E-state index in [1.165, 1.54) is 0 Å². The van der Waals surface area contributed by atoms with Crippen molar-refractivity contribution < 1.29 is 4.74 Å². The summed E-state index contributed by atoms with van der Waals surface area (Å²) in [4.78, 5) is 0. The van der Waals surface area contributed by atoms with Crippen LogP contribution >= 0.6 is 0 Å². The summed E-state index contributed by atoms with van der Waals surface area (Å²) in [5.74, 6) is 0.597. The molecule has 2 heteroatoms. The standard InChI is InChI=1S/C7H11NO/c8-4-5-3-6-1-2-7(5)9-6/h1-2,5-7H,3-4,8H2. The van der Waals surface area contributed by atoms with Gasteiger partial charge >= 0.3 is 0 Å². The van der Waals surface area contributed by atoms with Gasteiger partial charge in [-0.3, -0.25) is 0 Å². The van der Waals surface area contributed by atoms with Gasteiger partial charge in [-0.25, -0.2) is 0 Å². The van der Waals surface area contributed by atoms with Gasteiger partial charge in [-0.05, 0) is 13.0 Å². The first-order valence-corrected chi connectivity index (χ1v) is 3.44. The fraction of sp³-hybridized carbons (Fsp3) is 0.714. The van der Waals surface area contributed by atoms with E-state index < -0.39 is 0 Å². The van der Waals surface area contributed by atoms with E-state index in [0.717, 1.165) is 13.0 Å². The minimum Gasteiger partial charge on any atom is -0.367 e. The Morgan fingerprint density at radius 1 is 1.56 bits per heavy atom. The van der Waals surface area contributed by atoms with Crippen molar-refractivity contribution in [1.82, 2.24) is 0 Å². The van der Waals surface area contributed by atoms with E-state index >= 15 is 0 Å². The normalized spacial score (nSPS) is 46.6. The van der Waals surface area contributed by atoms with Crippen molar-refractivity contribution in [3.63, 3.8) is 0 Å². The van der Waals surface area contributed by atoms with Crippen molar-refractivity contribution in [2.45, 2.75) is 18.6 Å². The van der Waals surface area contributed by atoms with Gasteiger partial charge in [0.25, 0.3) is 0 Å². The zero-order chi connectivity index (χ0) is 6.27. The first kappa shape index (κ1) is 5.45. The average molecular weight is 125 g/mol. The maximum atomic E-state index is 5.51. The largest absolute Gasteiger partial charge is 0.367 e.